The second-order valence-corrected chi connectivity index (χ2v) is 3.36. The Hall–Kier alpha value is -1.81. The first kappa shape index (κ1) is 13.3. The van der Waals surface area contributed by atoms with Crippen LogP contribution in [0.3, 0.4) is 0 Å². The van der Waals surface area contributed by atoms with Crippen molar-refractivity contribution in [2.75, 3.05) is 13.2 Å². The van der Waals surface area contributed by atoms with E-state index in [4.69, 9.17) is 21.1 Å². The highest BCUT2D eigenvalue weighted by atomic mass is 35.5. The molecule has 0 saturated heterocycles. The first-order chi connectivity index (χ1) is 8.13. The lowest BCUT2D eigenvalue weighted by Crippen LogP contribution is -2.10. The summed E-state index contributed by atoms with van der Waals surface area (Å²) in [5.41, 5.74) is 0.400. The zero-order valence-electron chi connectivity index (χ0n) is 9.02. The summed E-state index contributed by atoms with van der Waals surface area (Å²) >= 11 is 5.29. The number of hydrogen-bond acceptors (Lipinski definition) is 4. The molecule has 0 spiro atoms. The second kappa shape index (κ2) is 6.70. The van der Waals surface area contributed by atoms with Crippen molar-refractivity contribution in [2.24, 2.45) is 0 Å². The SMILES string of the molecule is C=CC(=O)OCCOc1ccc(C(=O)Cl)cc1. The van der Waals surface area contributed by atoms with Gasteiger partial charge in [0, 0.05) is 11.6 Å². The van der Waals surface area contributed by atoms with E-state index < -0.39 is 11.2 Å². The van der Waals surface area contributed by atoms with Gasteiger partial charge in [0.2, 0.25) is 0 Å². The summed E-state index contributed by atoms with van der Waals surface area (Å²) < 4.78 is 9.99. The summed E-state index contributed by atoms with van der Waals surface area (Å²) in [7, 11) is 0. The van der Waals surface area contributed by atoms with Crippen molar-refractivity contribution in [3.05, 3.63) is 42.5 Å². The second-order valence-electron chi connectivity index (χ2n) is 3.02. The molecule has 0 heterocycles. The maximum atomic E-state index is 10.8. The van der Waals surface area contributed by atoms with Crippen molar-refractivity contribution in [1.29, 1.82) is 0 Å². The minimum Gasteiger partial charge on any atom is -0.490 e. The van der Waals surface area contributed by atoms with Crippen LogP contribution in [0.5, 0.6) is 5.75 Å². The molecule has 5 heteroatoms. The monoisotopic (exact) mass is 254 g/mol. The van der Waals surface area contributed by atoms with Crippen molar-refractivity contribution in [1.82, 2.24) is 0 Å². The Labute approximate surface area is 104 Å². The van der Waals surface area contributed by atoms with Crippen molar-refractivity contribution in [3.8, 4) is 5.75 Å². The molecule has 0 amide bonds. The zero-order chi connectivity index (χ0) is 12.7. The van der Waals surface area contributed by atoms with Crippen LogP contribution in [0.4, 0.5) is 0 Å². The maximum Gasteiger partial charge on any atom is 0.330 e. The lowest BCUT2D eigenvalue weighted by atomic mass is 10.2. The number of ether oxygens (including phenoxy) is 2. The molecule has 0 saturated carbocycles. The van der Waals surface area contributed by atoms with Gasteiger partial charge in [0.15, 0.2) is 0 Å². The van der Waals surface area contributed by atoms with E-state index in [0.29, 0.717) is 11.3 Å². The third kappa shape index (κ3) is 4.70. The maximum absolute atomic E-state index is 10.8. The molecule has 1 aromatic rings. The van der Waals surface area contributed by atoms with Crippen molar-refractivity contribution >= 4 is 22.8 Å². The predicted molar refractivity (Wildman–Crippen MR) is 63.3 cm³/mol. The summed E-state index contributed by atoms with van der Waals surface area (Å²) in [6, 6.07) is 6.34. The highest BCUT2D eigenvalue weighted by Crippen LogP contribution is 2.13. The molecule has 1 aromatic carbocycles. The largest absolute Gasteiger partial charge is 0.490 e. The van der Waals surface area contributed by atoms with E-state index in [0.717, 1.165) is 6.08 Å². The van der Waals surface area contributed by atoms with Crippen LogP contribution in [0.2, 0.25) is 0 Å². The van der Waals surface area contributed by atoms with Gasteiger partial charge in [-0.15, -0.1) is 0 Å². The van der Waals surface area contributed by atoms with Gasteiger partial charge in [-0.05, 0) is 35.9 Å². The Balaban J connectivity index is 2.35. The molecular weight excluding hydrogens is 244 g/mol. The standard InChI is InChI=1S/C12H11ClO4/c1-2-11(14)17-8-7-16-10-5-3-9(4-6-10)12(13)15/h2-6H,1,7-8H2. The van der Waals surface area contributed by atoms with Gasteiger partial charge in [-0.1, -0.05) is 6.58 Å². The van der Waals surface area contributed by atoms with Gasteiger partial charge < -0.3 is 9.47 Å². The lowest BCUT2D eigenvalue weighted by Gasteiger charge is -2.06. The topological polar surface area (TPSA) is 52.6 Å². The number of carbonyl (C=O) groups is 2. The number of benzene rings is 1. The molecule has 4 nitrogen and oxygen atoms in total. The van der Waals surface area contributed by atoms with Crippen LogP contribution in [0.1, 0.15) is 10.4 Å². The normalized spacial score (nSPS) is 9.47. The lowest BCUT2D eigenvalue weighted by molar-refractivity contribution is -0.138. The van der Waals surface area contributed by atoms with E-state index in [1.54, 1.807) is 24.3 Å². The van der Waals surface area contributed by atoms with Gasteiger partial charge in [-0.2, -0.15) is 0 Å². The van der Waals surface area contributed by atoms with Gasteiger partial charge in [0.25, 0.3) is 5.24 Å². The predicted octanol–water partition coefficient (Wildman–Crippen LogP) is 2.17. The molecule has 0 radical (unpaired) electrons. The first-order valence-corrected chi connectivity index (χ1v) is 5.23. The average Bonchev–Trinajstić information content (AvgIpc) is 2.34. The Bertz CT molecular complexity index is 411. The zero-order valence-corrected chi connectivity index (χ0v) is 9.77. The van der Waals surface area contributed by atoms with Gasteiger partial charge >= 0.3 is 5.97 Å². The van der Waals surface area contributed by atoms with E-state index in [1.807, 2.05) is 0 Å². The number of esters is 1. The highest BCUT2D eigenvalue weighted by molar-refractivity contribution is 6.67. The van der Waals surface area contributed by atoms with E-state index in [2.05, 4.69) is 6.58 Å². The van der Waals surface area contributed by atoms with Crippen LogP contribution < -0.4 is 4.74 Å². The summed E-state index contributed by atoms with van der Waals surface area (Å²) in [6.07, 6.45) is 1.08. The molecular formula is C12H11ClO4. The van der Waals surface area contributed by atoms with E-state index in [-0.39, 0.29) is 13.2 Å². The molecule has 90 valence electrons. The Kier molecular flexibility index (Phi) is 5.23. The van der Waals surface area contributed by atoms with Crippen LogP contribution in [0.15, 0.2) is 36.9 Å². The molecule has 0 bridgehead atoms. The van der Waals surface area contributed by atoms with Crippen LogP contribution in [0.25, 0.3) is 0 Å². The Morgan fingerprint density at radius 3 is 2.41 bits per heavy atom. The quantitative estimate of drug-likeness (QED) is 0.338. The van der Waals surface area contributed by atoms with Crippen molar-refractivity contribution in [3.63, 3.8) is 0 Å². The first-order valence-electron chi connectivity index (χ1n) is 4.85. The molecule has 1 rings (SSSR count). The van der Waals surface area contributed by atoms with Crippen LogP contribution >= 0.6 is 11.6 Å². The Morgan fingerprint density at radius 2 is 1.88 bits per heavy atom. The van der Waals surface area contributed by atoms with Crippen molar-refractivity contribution < 1.29 is 19.1 Å². The van der Waals surface area contributed by atoms with Crippen LogP contribution in [-0.4, -0.2) is 24.4 Å². The summed E-state index contributed by atoms with van der Waals surface area (Å²) in [6.45, 7) is 3.63. The number of hydrogen-bond donors (Lipinski definition) is 0. The third-order valence-corrected chi connectivity index (χ3v) is 2.06. The minimum absolute atomic E-state index is 0.140. The summed E-state index contributed by atoms with van der Waals surface area (Å²) in [4.78, 5) is 21.5. The van der Waals surface area contributed by atoms with E-state index in [1.165, 1.54) is 0 Å². The molecule has 0 N–H and O–H groups in total. The van der Waals surface area contributed by atoms with Crippen LogP contribution in [0, 0.1) is 0 Å². The summed E-state index contributed by atoms with van der Waals surface area (Å²) in [5.74, 6) is 0.0815. The molecule has 0 atom stereocenters. The van der Waals surface area contributed by atoms with Gasteiger partial charge in [-0.25, -0.2) is 4.79 Å². The average molecular weight is 255 g/mol. The smallest absolute Gasteiger partial charge is 0.330 e. The number of carbonyl (C=O) groups excluding carboxylic acids is 2. The highest BCUT2D eigenvalue weighted by Gasteiger charge is 2.01. The molecule has 0 aliphatic heterocycles. The fourth-order valence-electron chi connectivity index (χ4n) is 1.04. The number of rotatable bonds is 6. The van der Waals surface area contributed by atoms with E-state index in [9.17, 15) is 9.59 Å². The fraction of sp³-hybridized carbons (Fsp3) is 0.167. The minimum atomic E-state index is -0.517. The molecule has 0 aliphatic rings. The molecule has 0 unspecified atom stereocenters. The third-order valence-electron chi connectivity index (χ3n) is 1.84. The molecule has 0 aliphatic carbocycles. The summed E-state index contributed by atoms with van der Waals surface area (Å²) in [5, 5.41) is -0.517. The van der Waals surface area contributed by atoms with E-state index >= 15 is 0 Å². The van der Waals surface area contributed by atoms with Crippen LogP contribution in [-0.2, 0) is 9.53 Å². The van der Waals surface area contributed by atoms with Gasteiger partial charge in [0.1, 0.15) is 19.0 Å². The molecule has 0 fully saturated rings. The number of halogens is 1. The molecule has 17 heavy (non-hydrogen) atoms. The van der Waals surface area contributed by atoms with Gasteiger partial charge in [-0.3, -0.25) is 4.79 Å². The van der Waals surface area contributed by atoms with Crippen molar-refractivity contribution in [2.45, 2.75) is 0 Å². The van der Waals surface area contributed by atoms with Gasteiger partial charge in [0.05, 0.1) is 0 Å². The molecule has 0 aromatic heterocycles. The fourth-order valence-corrected chi connectivity index (χ4v) is 1.17. The Morgan fingerprint density at radius 1 is 1.24 bits per heavy atom.